The first-order chi connectivity index (χ1) is 12.9. The lowest BCUT2D eigenvalue weighted by atomic mass is 9.84. The smallest absolute Gasteiger partial charge is 0.270 e. The highest BCUT2D eigenvalue weighted by atomic mass is 16.6. The van der Waals surface area contributed by atoms with E-state index in [1.54, 1.807) is 0 Å². The Hall–Kier alpha value is -2.77. The number of nitro groups is 1. The van der Waals surface area contributed by atoms with Gasteiger partial charge in [-0.25, -0.2) is 4.98 Å². The van der Waals surface area contributed by atoms with Gasteiger partial charge in [-0.2, -0.15) is 0 Å². The highest BCUT2D eigenvalue weighted by molar-refractivity contribution is 5.81. The number of hydrogen-bond acceptors (Lipinski definition) is 5. The molecule has 8 nitrogen and oxygen atoms in total. The van der Waals surface area contributed by atoms with E-state index in [4.69, 9.17) is 0 Å². The van der Waals surface area contributed by atoms with Gasteiger partial charge in [0.25, 0.3) is 11.2 Å². The molecule has 0 saturated heterocycles. The Labute approximate surface area is 155 Å². The number of nitrogens with zero attached hydrogens (tertiary/aromatic N) is 3. The van der Waals surface area contributed by atoms with E-state index in [9.17, 15) is 19.7 Å². The third-order valence-electron chi connectivity index (χ3n) is 6.16. The van der Waals surface area contributed by atoms with Crippen LogP contribution in [0, 0.1) is 27.9 Å². The molecule has 2 aromatic rings. The molecule has 2 fully saturated rings. The van der Waals surface area contributed by atoms with Crippen LogP contribution in [0.15, 0.2) is 29.3 Å². The standard InChI is InChI=1S/C19H22N4O4/c1-11(15-7-12-2-3-13(15)6-12)21-18(24)9-22-10-20-17-5-4-14(23(26)27)8-16(17)19(22)25/h4-5,8,10-13,15H,2-3,6-7,9H2,1H3,(H,21,24)/t11-,12-,13-,15-/m0/s1. The summed E-state index contributed by atoms with van der Waals surface area (Å²) in [4.78, 5) is 39.6. The zero-order valence-electron chi connectivity index (χ0n) is 15.1. The number of aromatic nitrogens is 2. The zero-order valence-corrected chi connectivity index (χ0v) is 15.1. The Morgan fingerprint density at radius 2 is 2.22 bits per heavy atom. The molecule has 27 heavy (non-hydrogen) atoms. The molecular formula is C19H22N4O4. The molecule has 2 aliphatic rings. The largest absolute Gasteiger partial charge is 0.352 e. The molecule has 2 saturated carbocycles. The predicted molar refractivity (Wildman–Crippen MR) is 99.2 cm³/mol. The lowest BCUT2D eigenvalue weighted by molar-refractivity contribution is -0.384. The summed E-state index contributed by atoms with van der Waals surface area (Å²) < 4.78 is 1.20. The first-order valence-corrected chi connectivity index (χ1v) is 9.35. The molecule has 0 aliphatic heterocycles. The fraction of sp³-hybridized carbons (Fsp3) is 0.526. The normalized spacial score (nSPS) is 24.9. The fourth-order valence-electron chi connectivity index (χ4n) is 4.84. The van der Waals surface area contributed by atoms with Crippen molar-refractivity contribution in [1.29, 1.82) is 0 Å². The Bertz CT molecular complexity index is 970. The van der Waals surface area contributed by atoms with Crippen molar-refractivity contribution in [3.63, 3.8) is 0 Å². The lowest BCUT2D eigenvalue weighted by Crippen LogP contribution is -2.42. The highest BCUT2D eigenvalue weighted by Crippen LogP contribution is 2.49. The second kappa shape index (κ2) is 6.75. The van der Waals surface area contributed by atoms with Gasteiger partial charge in [0.1, 0.15) is 6.54 Å². The van der Waals surface area contributed by atoms with E-state index in [0.717, 1.165) is 5.92 Å². The molecule has 1 amide bonds. The van der Waals surface area contributed by atoms with Gasteiger partial charge in [-0.15, -0.1) is 0 Å². The van der Waals surface area contributed by atoms with Crippen molar-refractivity contribution >= 4 is 22.5 Å². The summed E-state index contributed by atoms with van der Waals surface area (Å²) in [6.07, 6.45) is 6.33. The average molecular weight is 370 g/mol. The van der Waals surface area contributed by atoms with Gasteiger partial charge in [-0.05, 0) is 50.0 Å². The molecule has 4 rings (SSSR count). The van der Waals surface area contributed by atoms with Crippen LogP contribution in [0.4, 0.5) is 5.69 Å². The first kappa shape index (κ1) is 17.6. The molecular weight excluding hydrogens is 348 g/mol. The maximum absolute atomic E-state index is 12.6. The molecule has 1 aromatic heterocycles. The van der Waals surface area contributed by atoms with Gasteiger partial charge in [0.15, 0.2) is 0 Å². The summed E-state index contributed by atoms with van der Waals surface area (Å²) in [5.74, 6) is 1.79. The predicted octanol–water partition coefficient (Wildman–Crippen LogP) is 2.25. The molecule has 4 atom stereocenters. The van der Waals surface area contributed by atoms with Gasteiger partial charge in [0.2, 0.25) is 5.91 Å². The minimum absolute atomic E-state index is 0.0815. The molecule has 0 spiro atoms. The van der Waals surface area contributed by atoms with Crippen molar-refractivity contribution in [3.05, 3.63) is 45.0 Å². The van der Waals surface area contributed by atoms with Gasteiger partial charge in [0.05, 0.1) is 22.2 Å². The SMILES string of the molecule is C[C@H](NC(=O)Cn1cnc2ccc([N+](=O)[O-])cc2c1=O)[C@@H]1C[C@H]2CC[C@H]1C2. The molecule has 0 unspecified atom stereocenters. The van der Waals surface area contributed by atoms with Crippen LogP contribution in [0.3, 0.4) is 0 Å². The number of benzene rings is 1. The topological polar surface area (TPSA) is 107 Å². The van der Waals surface area contributed by atoms with Gasteiger partial charge < -0.3 is 5.32 Å². The summed E-state index contributed by atoms with van der Waals surface area (Å²) in [6.45, 7) is 1.89. The Kier molecular flexibility index (Phi) is 4.41. The number of amides is 1. The molecule has 1 heterocycles. The molecule has 142 valence electrons. The van der Waals surface area contributed by atoms with E-state index >= 15 is 0 Å². The Morgan fingerprint density at radius 1 is 1.41 bits per heavy atom. The van der Waals surface area contributed by atoms with Crippen LogP contribution >= 0.6 is 0 Å². The number of nitro benzene ring substituents is 1. The maximum Gasteiger partial charge on any atom is 0.270 e. The third-order valence-corrected chi connectivity index (χ3v) is 6.16. The zero-order chi connectivity index (χ0) is 19.1. The summed E-state index contributed by atoms with van der Waals surface area (Å²) in [5, 5.41) is 14.1. The molecule has 0 radical (unpaired) electrons. The summed E-state index contributed by atoms with van der Waals surface area (Å²) in [7, 11) is 0. The van der Waals surface area contributed by atoms with Gasteiger partial charge in [0, 0.05) is 18.2 Å². The minimum Gasteiger partial charge on any atom is -0.352 e. The lowest BCUT2D eigenvalue weighted by Gasteiger charge is -2.28. The summed E-state index contributed by atoms with van der Waals surface area (Å²) in [5.41, 5.74) is -0.252. The third kappa shape index (κ3) is 3.31. The van der Waals surface area contributed by atoms with E-state index in [0.29, 0.717) is 17.4 Å². The number of rotatable bonds is 5. The molecule has 8 heteroatoms. The monoisotopic (exact) mass is 370 g/mol. The summed E-state index contributed by atoms with van der Waals surface area (Å²) in [6, 6.07) is 4.04. The van der Waals surface area contributed by atoms with Crippen LogP contribution in [0.1, 0.15) is 32.6 Å². The minimum atomic E-state index is -0.556. The van der Waals surface area contributed by atoms with Crippen molar-refractivity contribution in [2.75, 3.05) is 0 Å². The second-order valence-electron chi connectivity index (χ2n) is 7.83. The van der Waals surface area contributed by atoms with Gasteiger partial charge in [-0.1, -0.05) is 6.42 Å². The highest BCUT2D eigenvalue weighted by Gasteiger charge is 2.42. The quantitative estimate of drug-likeness (QED) is 0.642. The Balaban J connectivity index is 1.49. The van der Waals surface area contributed by atoms with Crippen molar-refractivity contribution in [2.24, 2.45) is 17.8 Å². The molecule has 2 bridgehead atoms. The van der Waals surface area contributed by atoms with Crippen LogP contribution in [-0.2, 0) is 11.3 Å². The van der Waals surface area contributed by atoms with E-state index in [1.165, 1.54) is 54.8 Å². The van der Waals surface area contributed by atoms with Crippen LogP contribution < -0.4 is 10.9 Å². The molecule has 1 aromatic carbocycles. The first-order valence-electron chi connectivity index (χ1n) is 9.35. The van der Waals surface area contributed by atoms with Crippen molar-refractivity contribution in [3.8, 4) is 0 Å². The van der Waals surface area contributed by atoms with Crippen LogP contribution in [0.2, 0.25) is 0 Å². The molecule has 1 N–H and O–H groups in total. The van der Waals surface area contributed by atoms with E-state index in [1.807, 2.05) is 6.92 Å². The van der Waals surface area contributed by atoms with Crippen molar-refractivity contribution in [1.82, 2.24) is 14.9 Å². The Morgan fingerprint density at radius 3 is 2.89 bits per heavy atom. The number of hydrogen-bond donors (Lipinski definition) is 1. The van der Waals surface area contributed by atoms with E-state index in [-0.39, 0.29) is 29.6 Å². The average Bonchev–Trinajstić information content (AvgIpc) is 3.27. The van der Waals surface area contributed by atoms with Crippen molar-refractivity contribution in [2.45, 2.75) is 45.2 Å². The number of nitrogens with one attached hydrogen (secondary N) is 1. The number of non-ortho nitro benzene ring substituents is 1. The van der Waals surface area contributed by atoms with Crippen LogP contribution in [0.25, 0.3) is 10.9 Å². The van der Waals surface area contributed by atoms with Gasteiger partial charge >= 0.3 is 0 Å². The van der Waals surface area contributed by atoms with Crippen molar-refractivity contribution < 1.29 is 9.72 Å². The van der Waals surface area contributed by atoms with E-state index < -0.39 is 10.5 Å². The number of fused-ring (bicyclic) bond motifs is 3. The maximum atomic E-state index is 12.6. The number of carbonyl (C=O) groups excluding carboxylic acids is 1. The van der Waals surface area contributed by atoms with Crippen LogP contribution in [0.5, 0.6) is 0 Å². The summed E-state index contributed by atoms with van der Waals surface area (Å²) >= 11 is 0. The molecule has 2 aliphatic carbocycles. The second-order valence-corrected chi connectivity index (χ2v) is 7.83. The fourth-order valence-corrected chi connectivity index (χ4v) is 4.84. The van der Waals surface area contributed by atoms with Gasteiger partial charge in [-0.3, -0.25) is 24.3 Å². The van der Waals surface area contributed by atoms with E-state index in [2.05, 4.69) is 10.3 Å². The van der Waals surface area contributed by atoms with Crippen LogP contribution in [-0.4, -0.2) is 26.4 Å². The number of carbonyl (C=O) groups is 1.